The highest BCUT2D eigenvalue weighted by Crippen LogP contribution is 2.69. The van der Waals surface area contributed by atoms with E-state index < -0.39 is 5.79 Å². The van der Waals surface area contributed by atoms with Crippen molar-refractivity contribution in [1.82, 2.24) is 4.90 Å². The first kappa shape index (κ1) is 20.3. The summed E-state index contributed by atoms with van der Waals surface area (Å²) in [5.41, 5.74) is 3.21. The van der Waals surface area contributed by atoms with E-state index in [1.165, 1.54) is 11.1 Å². The maximum Gasteiger partial charge on any atom is 0.206 e. The van der Waals surface area contributed by atoms with Crippen molar-refractivity contribution in [1.29, 1.82) is 0 Å². The lowest BCUT2D eigenvalue weighted by Crippen LogP contribution is -2.82. The van der Waals surface area contributed by atoms with Crippen LogP contribution in [0.4, 0.5) is 0 Å². The lowest BCUT2D eigenvalue weighted by atomic mass is 9.47. The maximum atomic E-state index is 6.91. The van der Waals surface area contributed by atoms with Crippen molar-refractivity contribution >= 4 is 0 Å². The van der Waals surface area contributed by atoms with E-state index in [4.69, 9.17) is 23.7 Å². The zero-order chi connectivity index (χ0) is 22.3. The molecule has 33 heavy (non-hydrogen) atoms. The lowest BCUT2D eigenvalue weighted by Gasteiger charge is -2.68. The summed E-state index contributed by atoms with van der Waals surface area (Å²) in [6, 6.07) is 15.0. The second kappa shape index (κ2) is 6.95. The minimum atomic E-state index is -0.802. The summed E-state index contributed by atoms with van der Waals surface area (Å²) in [7, 11) is 3.49. The van der Waals surface area contributed by atoms with E-state index in [-0.39, 0.29) is 17.1 Å². The van der Waals surface area contributed by atoms with Gasteiger partial charge in [-0.2, -0.15) is 0 Å². The Bertz CT molecular complexity index is 1090. The third kappa shape index (κ3) is 2.38. The van der Waals surface area contributed by atoms with E-state index >= 15 is 0 Å². The van der Waals surface area contributed by atoms with Crippen LogP contribution in [0.5, 0.6) is 11.5 Å². The van der Waals surface area contributed by atoms with Crippen molar-refractivity contribution in [2.24, 2.45) is 0 Å². The smallest absolute Gasteiger partial charge is 0.206 e. The van der Waals surface area contributed by atoms with Gasteiger partial charge in [0.15, 0.2) is 17.6 Å². The molecule has 4 bridgehead atoms. The minimum absolute atomic E-state index is 0.271. The quantitative estimate of drug-likeness (QED) is 0.652. The Kier molecular flexibility index (Phi) is 4.27. The van der Waals surface area contributed by atoms with Gasteiger partial charge < -0.3 is 23.7 Å². The molecule has 6 nitrogen and oxygen atoms in total. The second-order valence-electron chi connectivity index (χ2n) is 10.1. The number of hydrogen-bond donors (Lipinski definition) is 0. The largest absolute Gasteiger partial charge is 0.485 e. The minimum Gasteiger partial charge on any atom is -0.485 e. The molecule has 1 saturated carbocycles. The molecule has 2 aromatic rings. The highest BCUT2D eigenvalue weighted by Gasteiger charge is 2.78. The predicted molar refractivity (Wildman–Crippen MR) is 122 cm³/mol. The van der Waals surface area contributed by atoms with Crippen molar-refractivity contribution in [2.45, 2.75) is 61.2 Å². The summed E-state index contributed by atoms with van der Waals surface area (Å²) in [5.74, 6) is 0.868. The van der Waals surface area contributed by atoms with Gasteiger partial charge in [0.05, 0.1) is 17.6 Å². The molecule has 5 atom stereocenters. The van der Waals surface area contributed by atoms with Gasteiger partial charge in [-0.05, 0) is 43.0 Å². The average molecular weight is 450 g/mol. The average Bonchev–Trinajstić information content (AvgIpc) is 3.21. The van der Waals surface area contributed by atoms with Crippen LogP contribution in [0.15, 0.2) is 42.5 Å². The van der Waals surface area contributed by atoms with Crippen molar-refractivity contribution < 1.29 is 23.7 Å². The fraction of sp³-hybridized carbons (Fsp3) is 0.556. The van der Waals surface area contributed by atoms with Crippen molar-refractivity contribution in [3.63, 3.8) is 0 Å². The summed E-state index contributed by atoms with van der Waals surface area (Å²) >= 11 is 0. The number of morpholine rings is 1. The molecule has 1 unspecified atom stereocenters. The third-order valence-corrected chi connectivity index (χ3v) is 9.19. The molecule has 0 N–H and O–H groups in total. The van der Waals surface area contributed by atoms with Crippen LogP contribution in [0.3, 0.4) is 0 Å². The molecule has 3 fully saturated rings. The van der Waals surface area contributed by atoms with Gasteiger partial charge in [-0.15, -0.1) is 0 Å². The first-order valence-corrected chi connectivity index (χ1v) is 12.2. The van der Waals surface area contributed by atoms with Crippen LogP contribution in [-0.2, 0) is 32.7 Å². The van der Waals surface area contributed by atoms with E-state index in [9.17, 15) is 0 Å². The molecule has 2 saturated heterocycles. The topological polar surface area (TPSA) is 49.4 Å². The fourth-order valence-electron chi connectivity index (χ4n) is 7.81. The molecule has 3 aliphatic heterocycles. The van der Waals surface area contributed by atoms with E-state index in [2.05, 4.69) is 29.2 Å². The zero-order valence-electron chi connectivity index (χ0n) is 19.3. The van der Waals surface area contributed by atoms with Crippen LogP contribution in [0.1, 0.15) is 36.0 Å². The Morgan fingerprint density at radius 1 is 1.00 bits per heavy atom. The van der Waals surface area contributed by atoms with Crippen molar-refractivity contribution in [3.05, 3.63) is 59.2 Å². The summed E-state index contributed by atoms with van der Waals surface area (Å²) in [6.45, 7) is 3.33. The van der Waals surface area contributed by atoms with Crippen LogP contribution in [0.2, 0.25) is 0 Å². The zero-order valence-corrected chi connectivity index (χ0v) is 19.3. The Morgan fingerprint density at radius 3 is 2.67 bits per heavy atom. The van der Waals surface area contributed by atoms with Gasteiger partial charge in [-0.1, -0.05) is 36.4 Å². The van der Waals surface area contributed by atoms with Gasteiger partial charge in [-0.25, -0.2) is 0 Å². The molecule has 0 radical (unpaired) electrons. The van der Waals surface area contributed by atoms with E-state index in [0.717, 1.165) is 62.4 Å². The number of methoxy groups -OCH3 is 2. The van der Waals surface area contributed by atoms with Gasteiger partial charge >= 0.3 is 0 Å². The van der Waals surface area contributed by atoms with Gasteiger partial charge in [0, 0.05) is 38.8 Å². The molecule has 2 spiro atoms. The van der Waals surface area contributed by atoms with Crippen LogP contribution >= 0.6 is 0 Å². The van der Waals surface area contributed by atoms with E-state index in [0.29, 0.717) is 12.6 Å². The Labute approximate surface area is 194 Å². The molecule has 6 heteroatoms. The number of nitrogens with zero attached hydrogens (tertiary/aromatic N) is 1. The fourth-order valence-corrected chi connectivity index (χ4v) is 7.81. The highest BCUT2D eigenvalue weighted by molar-refractivity contribution is 5.63. The normalized spacial score (nSPS) is 36.6. The monoisotopic (exact) mass is 449 g/mol. The number of rotatable bonds is 5. The van der Waals surface area contributed by atoms with Crippen molar-refractivity contribution in [3.8, 4) is 11.5 Å². The molecule has 174 valence electrons. The van der Waals surface area contributed by atoms with Crippen LogP contribution in [0.25, 0.3) is 0 Å². The molecule has 7 rings (SSSR count). The van der Waals surface area contributed by atoms with E-state index in [1.54, 1.807) is 14.2 Å². The van der Waals surface area contributed by atoms with Crippen molar-refractivity contribution in [2.75, 3.05) is 33.9 Å². The molecule has 0 amide bonds. The molecule has 2 aliphatic carbocycles. The van der Waals surface area contributed by atoms with Crippen LogP contribution in [-0.4, -0.2) is 62.3 Å². The second-order valence-corrected chi connectivity index (χ2v) is 10.1. The first-order valence-electron chi connectivity index (χ1n) is 12.2. The van der Waals surface area contributed by atoms with Crippen LogP contribution < -0.4 is 9.47 Å². The van der Waals surface area contributed by atoms with E-state index in [1.807, 2.05) is 18.2 Å². The molecular weight excluding hydrogens is 418 g/mol. The van der Waals surface area contributed by atoms with Gasteiger partial charge in [-0.3, -0.25) is 4.90 Å². The number of hydrogen-bond acceptors (Lipinski definition) is 6. The van der Waals surface area contributed by atoms with Gasteiger partial charge in [0.1, 0.15) is 6.61 Å². The maximum absolute atomic E-state index is 6.91. The molecule has 0 aromatic heterocycles. The molecule has 2 aromatic carbocycles. The summed E-state index contributed by atoms with van der Waals surface area (Å²) in [4.78, 5) is 2.65. The molecule has 5 aliphatic rings. The molecular formula is C27H31NO5. The first-order chi connectivity index (χ1) is 16.2. The third-order valence-electron chi connectivity index (χ3n) is 9.19. The Balaban J connectivity index is 1.40. The van der Waals surface area contributed by atoms with Crippen LogP contribution in [0, 0.1) is 0 Å². The lowest BCUT2D eigenvalue weighted by molar-refractivity contribution is -0.336. The summed E-state index contributed by atoms with van der Waals surface area (Å²) in [5, 5.41) is 0. The predicted octanol–water partition coefficient (Wildman–Crippen LogP) is 3.45. The Hall–Kier alpha value is -2.12. The van der Waals surface area contributed by atoms with Gasteiger partial charge in [0.2, 0.25) is 5.79 Å². The Morgan fingerprint density at radius 2 is 1.85 bits per heavy atom. The summed E-state index contributed by atoms with van der Waals surface area (Å²) < 4.78 is 32.3. The summed E-state index contributed by atoms with van der Waals surface area (Å²) in [6.07, 6.45) is 3.35. The van der Waals surface area contributed by atoms with Gasteiger partial charge in [0.25, 0.3) is 0 Å². The number of benzene rings is 2. The highest BCUT2D eigenvalue weighted by atomic mass is 16.7. The standard InChI is InChI=1S/C27H31NO5/c1-29-27(30-2)11-10-26-21-16-19-8-9-20(31-17-18-6-4-3-5-7-18)23-22(19)25(26,24(27)33-23)12-13-28(21)14-15-32-26/h3-9,21,24H,10-17H2,1-2H3/t21-,24-,25+,26-/m1/s1. The number of piperidine rings is 1. The SMILES string of the molecule is COC1(OC)CC[C@]23OCCN4CC[C@@]25c2c(ccc(OCc6ccccc6)c2O[C@@H]15)C[C@@H]43. The molecule has 3 heterocycles. The number of ether oxygens (including phenoxy) is 5.